The molecule has 0 spiro atoms. The quantitative estimate of drug-likeness (QED) is 0.904. The maximum atomic E-state index is 12.8. The van der Waals surface area contributed by atoms with Crippen molar-refractivity contribution in [3.05, 3.63) is 58.7 Å². The summed E-state index contributed by atoms with van der Waals surface area (Å²) in [5.74, 6) is 0.424. The van der Waals surface area contributed by atoms with Crippen molar-refractivity contribution in [2.24, 2.45) is 0 Å². The largest absolute Gasteiger partial charge is 0.495 e. The van der Waals surface area contributed by atoms with Gasteiger partial charge in [-0.1, -0.05) is 24.3 Å². The second-order valence-corrected chi connectivity index (χ2v) is 7.97. The van der Waals surface area contributed by atoms with Gasteiger partial charge in [0.2, 0.25) is 10.0 Å². The summed E-state index contributed by atoms with van der Waals surface area (Å²) in [4.78, 5) is 0.235. The van der Waals surface area contributed by atoms with Crippen molar-refractivity contribution in [2.45, 2.75) is 44.0 Å². The molecule has 1 N–H and O–H groups in total. The highest BCUT2D eigenvalue weighted by atomic mass is 32.2. The van der Waals surface area contributed by atoms with Crippen molar-refractivity contribution in [3.8, 4) is 5.75 Å². The lowest BCUT2D eigenvalue weighted by molar-refractivity contribution is 0.401. The van der Waals surface area contributed by atoms with Gasteiger partial charge < -0.3 is 4.74 Å². The van der Waals surface area contributed by atoms with Crippen LogP contribution in [0.3, 0.4) is 0 Å². The smallest absolute Gasteiger partial charge is 0.244 e. The van der Waals surface area contributed by atoms with Crippen LogP contribution in [0.15, 0.2) is 41.3 Å². The molecule has 0 saturated carbocycles. The van der Waals surface area contributed by atoms with E-state index in [0.29, 0.717) is 5.75 Å². The molecule has 5 heteroatoms. The second-order valence-electron chi connectivity index (χ2n) is 6.23. The number of hydrogen-bond acceptors (Lipinski definition) is 3. The number of aryl methyl sites for hydroxylation is 3. The highest BCUT2D eigenvalue weighted by molar-refractivity contribution is 7.89. The Morgan fingerprint density at radius 3 is 2.42 bits per heavy atom. The number of ether oxygens (including phenoxy) is 1. The number of benzene rings is 2. The molecule has 0 heterocycles. The van der Waals surface area contributed by atoms with Crippen LogP contribution in [0.2, 0.25) is 0 Å². The van der Waals surface area contributed by atoms with Crippen molar-refractivity contribution in [2.75, 3.05) is 7.11 Å². The van der Waals surface area contributed by atoms with Crippen LogP contribution in [0.25, 0.3) is 0 Å². The SMILES string of the molecule is COc1cc2c(cc1S(=O)(=O)NCc1ccccc1C)CCCC2. The van der Waals surface area contributed by atoms with Crippen molar-refractivity contribution < 1.29 is 13.2 Å². The third kappa shape index (κ3) is 3.47. The van der Waals surface area contributed by atoms with Gasteiger partial charge in [0, 0.05) is 6.54 Å². The third-order valence-corrected chi connectivity index (χ3v) is 6.05. The normalized spacial score (nSPS) is 14.2. The maximum Gasteiger partial charge on any atom is 0.244 e. The molecule has 0 amide bonds. The van der Waals surface area contributed by atoms with Crippen LogP contribution in [-0.2, 0) is 29.4 Å². The minimum atomic E-state index is -3.63. The van der Waals surface area contributed by atoms with E-state index in [0.717, 1.165) is 42.4 Å². The molecule has 0 fully saturated rings. The summed E-state index contributed by atoms with van der Waals surface area (Å²) < 4.78 is 33.6. The topological polar surface area (TPSA) is 55.4 Å². The average Bonchev–Trinajstić information content (AvgIpc) is 2.60. The minimum absolute atomic E-state index is 0.235. The third-order valence-electron chi connectivity index (χ3n) is 4.63. The number of methoxy groups -OCH3 is 1. The molecular formula is C19H23NO3S. The Morgan fingerprint density at radius 2 is 1.75 bits per heavy atom. The van der Waals surface area contributed by atoms with E-state index in [1.165, 1.54) is 12.7 Å². The van der Waals surface area contributed by atoms with Crippen LogP contribution in [0.4, 0.5) is 0 Å². The molecule has 4 nitrogen and oxygen atoms in total. The van der Waals surface area contributed by atoms with Gasteiger partial charge in [0.15, 0.2) is 0 Å². The van der Waals surface area contributed by atoms with E-state index in [-0.39, 0.29) is 11.4 Å². The predicted molar refractivity (Wildman–Crippen MR) is 94.8 cm³/mol. The lowest BCUT2D eigenvalue weighted by Crippen LogP contribution is -2.24. The lowest BCUT2D eigenvalue weighted by Gasteiger charge is -2.19. The fourth-order valence-corrected chi connectivity index (χ4v) is 4.37. The molecule has 3 rings (SSSR count). The zero-order valence-electron chi connectivity index (χ0n) is 14.1. The maximum absolute atomic E-state index is 12.8. The molecule has 0 unspecified atom stereocenters. The van der Waals surface area contributed by atoms with Crippen molar-refractivity contribution in [1.29, 1.82) is 0 Å². The molecular weight excluding hydrogens is 322 g/mol. The zero-order valence-corrected chi connectivity index (χ0v) is 14.9. The Labute approximate surface area is 143 Å². The lowest BCUT2D eigenvalue weighted by atomic mass is 9.92. The van der Waals surface area contributed by atoms with E-state index in [1.54, 1.807) is 6.07 Å². The zero-order chi connectivity index (χ0) is 17.2. The second kappa shape index (κ2) is 6.95. The first-order chi connectivity index (χ1) is 11.5. The number of nitrogens with one attached hydrogen (secondary N) is 1. The van der Waals surface area contributed by atoms with Crippen LogP contribution in [0.5, 0.6) is 5.75 Å². The fraction of sp³-hybridized carbons (Fsp3) is 0.368. The Hall–Kier alpha value is -1.85. The van der Waals surface area contributed by atoms with Gasteiger partial charge in [-0.25, -0.2) is 13.1 Å². The molecule has 0 aromatic heterocycles. The Morgan fingerprint density at radius 1 is 1.08 bits per heavy atom. The highest BCUT2D eigenvalue weighted by Gasteiger charge is 2.23. The Kier molecular flexibility index (Phi) is 4.92. The summed E-state index contributed by atoms with van der Waals surface area (Å²) in [7, 11) is -2.11. The van der Waals surface area contributed by atoms with Crippen molar-refractivity contribution >= 4 is 10.0 Å². The summed E-state index contributed by atoms with van der Waals surface area (Å²) in [5.41, 5.74) is 4.37. The van der Waals surface area contributed by atoms with E-state index in [2.05, 4.69) is 4.72 Å². The van der Waals surface area contributed by atoms with Crippen LogP contribution in [0.1, 0.15) is 35.1 Å². The van der Waals surface area contributed by atoms with Gasteiger partial charge in [-0.05, 0) is 67.0 Å². The number of sulfonamides is 1. The van der Waals surface area contributed by atoms with Gasteiger partial charge in [0.1, 0.15) is 10.6 Å². The van der Waals surface area contributed by atoms with E-state index >= 15 is 0 Å². The van der Waals surface area contributed by atoms with Crippen LogP contribution >= 0.6 is 0 Å². The summed E-state index contributed by atoms with van der Waals surface area (Å²) in [6.45, 7) is 2.25. The number of rotatable bonds is 5. The summed E-state index contributed by atoms with van der Waals surface area (Å²) >= 11 is 0. The molecule has 2 aromatic rings. The molecule has 0 atom stereocenters. The fourth-order valence-electron chi connectivity index (χ4n) is 3.17. The first kappa shape index (κ1) is 17.0. The van der Waals surface area contributed by atoms with Gasteiger partial charge in [-0.15, -0.1) is 0 Å². The molecule has 0 radical (unpaired) electrons. The van der Waals surface area contributed by atoms with E-state index in [1.807, 2.05) is 37.3 Å². The molecule has 2 aromatic carbocycles. The van der Waals surface area contributed by atoms with E-state index in [4.69, 9.17) is 4.74 Å². The molecule has 0 aliphatic heterocycles. The van der Waals surface area contributed by atoms with Crippen molar-refractivity contribution in [1.82, 2.24) is 4.72 Å². The molecule has 1 aliphatic carbocycles. The molecule has 1 aliphatic rings. The molecule has 0 bridgehead atoms. The Balaban J connectivity index is 1.90. The van der Waals surface area contributed by atoms with Gasteiger partial charge in [-0.2, -0.15) is 0 Å². The van der Waals surface area contributed by atoms with Crippen LogP contribution < -0.4 is 9.46 Å². The van der Waals surface area contributed by atoms with E-state index in [9.17, 15) is 8.42 Å². The molecule has 128 valence electrons. The first-order valence-electron chi connectivity index (χ1n) is 8.25. The first-order valence-corrected chi connectivity index (χ1v) is 9.73. The van der Waals surface area contributed by atoms with E-state index < -0.39 is 10.0 Å². The average molecular weight is 345 g/mol. The van der Waals surface area contributed by atoms with Gasteiger partial charge in [0.25, 0.3) is 0 Å². The van der Waals surface area contributed by atoms with Gasteiger partial charge in [-0.3, -0.25) is 0 Å². The highest BCUT2D eigenvalue weighted by Crippen LogP contribution is 2.32. The number of fused-ring (bicyclic) bond motifs is 1. The standard InChI is InChI=1S/C19H23NO3S/c1-14-7-3-4-10-17(14)13-20-24(21,22)19-12-16-9-6-5-8-15(16)11-18(19)23-2/h3-4,7,10-12,20H,5-6,8-9,13H2,1-2H3. The monoisotopic (exact) mass is 345 g/mol. The van der Waals surface area contributed by atoms with Crippen LogP contribution in [-0.4, -0.2) is 15.5 Å². The summed E-state index contributed by atoms with van der Waals surface area (Å²) in [6.07, 6.45) is 4.17. The molecule has 24 heavy (non-hydrogen) atoms. The van der Waals surface area contributed by atoms with Gasteiger partial charge >= 0.3 is 0 Å². The summed E-state index contributed by atoms with van der Waals surface area (Å²) in [6, 6.07) is 11.4. The summed E-state index contributed by atoms with van der Waals surface area (Å²) in [5, 5.41) is 0. The minimum Gasteiger partial charge on any atom is -0.495 e. The van der Waals surface area contributed by atoms with Gasteiger partial charge in [0.05, 0.1) is 7.11 Å². The van der Waals surface area contributed by atoms with Crippen molar-refractivity contribution in [3.63, 3.8) is 0 Å². The molecule has 0 saturated heterocycles. The predicted octanol–water partition coefficient (Wildman–Crippen LogP) is 3.36. The van der Waals surface area contributed by atoms with Crippen LogP contribution in [0, 0.1) is 6.92 Å². The Bertz CT molecular complexity index is 844. The number of hydrogen-bond donors (Lipinski definition) is 1.